The van der Waals surface area contributed by atoms with Gasteiger partial charge in [0.15, 0.2) is 0 Å². The molecule has 0 spiro atoms. The SMILES string of the molecule is N#CCC1Cc2ccc(Br)cc2O1. The highest BCUT2D eigenvalue weighted by Gasteiger charge is 2.22. The molecule has 0 bridgehead atoms. The zero-order valence-electron chi connectivity index (χ0n) is 6.96. The van der Waals surface area contributed by atoms with E-state index in [0.29, 0.717) is 6.42 Å². The fraction of sp³-hybridized carbons (Fsp3) is 0.300. The van der Waals surface area contributed by atoms with Crippen molar-refractivity contribution in [3.8, 4) is 11.8 Å². The van der Waals surface area contributed by atoms with Crippen LogP contribution in [0, 0.1) is 11.3 Å². The van der Waals surface area contributed by atoms with Crippen LogP contribution in [0.3, 0.4) is 0 Å². The molecule has 66 valence electrons. The zero-order chi connectivity index (χ0) is 9.26. The fourth-order valence-corrected chi connectivity index (χ4v) is 1.83. The summed E-state index contributed by atoms with van der Waals surface area (Å²) in [4.78, 5) is 0. The number of ether oxygens (including phenoxy) is 1. The summed E-state index contributed by atoms with van der Waals surface area (Å²) >= 11 is 3.38. The van der Waals surface area contributed by atoms with Gasteiger partial charge in [-0.25, -0.2) is 0 Å². The maximum atomic E-state index is 8.52. The van der Waals surface area contributed by atoms with E-state index in [9.17, 15) is 0 Å². The number of benzene rings is 1. The van der Waals surface area contributed by atoms with E-state index in [4.69, 9.17) is 10.00 Å². The Morgan fingerprint density at radius 3 is 3.23 bits per heavy atom. The van der Waals surface area contributed by atoms with Crippen molar-refractivity contribution < 1.29 is 4.74 Å². The van der Waals surface area contributed by atoms with Crippen molar-refractivity contribution in [2.45, 2.75) is 18.9 Å². The van der Waals surface area contributed by atoms with Crippen LogP contribution in [-0.2, 0) is 6.42 Å². The maximum Gasteiger partial charge on any atom is 0.124 e. The van der Waals surface area contributed by atoms with Crippen LogP contribution in [0.5, 0.6) is 5.75 Å². The molecule has 1 aliphatic rings. The first-order valence-electron chi connectivity index (χ1n) is 4.11. The molecular formula is C10H8BrNO. The standard InChI is InChI=1S/C10H8BrNO/c11-8-2-1-7-5-9(3-4-12)13-10(7)6-8/h1-2,6,9H,3,5H2. The molecule has 0 aromatic heterocycles. The molecule has 1 aromatic carbocycles. The third-order valence-electron chi connectivity index (χ3n) is 2.09. The average molecular weight is 238 g/mol. The molecule has 0 radical (unpaired) electrons. The number of fused-ring (bicyclic) bond motifs is 1. The third kappa shape index (κ3) is 1.68. The van der Waals surface area contributed by atoms with Gasteiger partial charge in [0.25, 0.3) is 0 Å². The Bertz CT molecular complexity index is 370. The van der Waals surface area contributed by atoms with Gasteiger partial charge in [0.2, 0.25) is 0 Å². The van der Waals surface area contributed by atoms with E-state index >= 15 is 0 Å². The molecule has 0 saturated carbocycles. The number of hydrogen-bond acceptors (Lipinski definition) is 2. The Hall–Kier alpha value is -1.01. The third-order valence-corrected chi connectivity index (χ3v) is 2.58. The first kappa shape index (κ1) is 8.58. The summed E-state index contributed by atoms with van der Waals surface area (Å²) in [5, 5.41) is 8.52. The first-order chi connectivity index (χ1) is 6.29. The summed E-state index contributed by atoms with van der Waals surface area (Å²) < 4.78 is 6.59. The number of nitriles is 1. The van der Waals surface area contributed by atoms with Crippen molar-refractivity contribution in [3.63, 3.8) is 0 Å². The maximum absolute atomic E-state index is 8.52. The van der Waals surface area contributed by atoms with Crippen LogP contribution in [0.4, 0.5) is 0 Å². The molecule has 0 aliphatic carbocycles. The molecule has 2 rings (SSSR count). The molecule has 1 aliphatic heterocycles. The number of rotatable bonds is 1. The molecule has 0 N–H and O–H groups in total. The predicted molar refractivity (Wildman–Crippen MR) is 52.5 cm³/mol. The lowest BCUT2D eigenvalue weighted by atomic mass is 10.1. The van der Waals surface area contributed by atoms with Crippen LogP contribution in [0.2, 0.25) is 0 Å². The van der Waals surface area contributed by atoms with Crippen molar-refractivity contribution in [3.05, 3.63) is 28.2 Å². The van der Waals surface area contributed by atoms with E-state index in [1.54, 1.807) is 0 Å². The first-order valence-corrected chi connectivity index (χ1v) is 4.91. The number of nitrogens with zero attached hydrogens (tertiary/aromatic N) is 1. The highest BCUT2D eigenvalue weighted by molar-refractivity contribution is 9.10. The number of hydrogen-bond donors (Lipinski definition) is 0. The topological polar surface area (TPSA) is 33.0 Å². The molecule has 0 amide bonds. The lowest BCUT2D eigenvalue weighted by molar-refractivity contribution is 0.238. The van der Waals surface area contributed by atoms with Crippen LogP contribution in [0.25, 0.3) is 0 Å². The summed E-state index contributed by atoms with van der Waals surface area (Å²) in [5.74, 6) is 0.912. The minimum absolute atomic E-state index is 0.0503. The van der Waals surface area contributed by atoms with Gasteiger partial charge in [0.1, 0.15) is 11.9 Å². The Kier molecular flexibility index (Phi) is 2.24. The van der Waals surface area contributed by atoms with E-state index in [2.05, 4.69) is 22.0 Å². The second-order valence-corrected chi connectivity index (χ2v) is 3.97. The normalized spacial score (nSPS) is 18.9. The van der Waals surface area contributed by atoms with Crippen molar-refractivity contribution in [2.75, 3.05) is 0 Å². The van der Waals surface area contributed by atoms with E-state index in [1.165, 1.54) is 5.56 Å². The van der Waals surface area contributed by atoms with Crippen molar-refractivity contribution in [2.24, 2.45) is 0 Å². The van der Waals surface area contributed by atoms with Crippen LogP contribution in [0.1, 0.15) is 12.0 Å². The Morgan fingerprint density at radius 1 is 1.62 bits per heavy atom. The zero-order valence-corrected chi connectivity index (χ0v) is 8.54. The number of halogens is 1. The molecule has 1 unspecified atom stereocenters. The van der Waals surface area contributed by atoms with Gasteiger partial charge in [-0.3, -0.25) is 0 Å². The summed E-state index contributed by atoms with van der Waals surface area (Å²) in [6.07, 6.45) is 1.37. The highest BCUT2D eigenvalue weighted by atomic mass is 79.9. The molecule has 1 aromatic rings. The molecule has 1 atom stereocenters. The molecule has 0 saturated heterocycles. The van der Waals surface area contributed by atoms with Gasteiger partial charge >= 0.3 is 0 Å². The van der Waals surface area contributed by atoms with Gasteiger partial charge in [-0.2, -0.15) is 5.26 Å². The van der Waals surface area contributed by atoms with E-state index in [0.717, 1.165) is 16.6 Å². The Morgan fingerprint density at radius 2 is 2.46 bits per heavy atom. The second-order valence-electron chi connectivity index (χ2n) is 3.06. The van der Waals surface area contributed by atoms with Crippen LogP contribution >= 0.6 is 15.9 Å². The van der Waals surface area contributed by atoms with Crippen molar-refractivity contribution in [1.29, 1.82) is 5.26 Å². The monoisotopic (exact) mass is 237 g/mol. The van der Waals surface area contributed by atoms with Gasteiger partial charge in [0, 0.05) is 10.9 Å². The Balaban J connectivity index is 2.21. The summed E-state index contributed by atoms with van der Waals surface area (Å²) in [6, 6.07) is 8.11. The van der Waals surface area contributed by atoms with Crippen LogP contribution < -0.4 is 4.74 Å². The quantitative estimate of drug-likeness (QED) is 0.753. The van der Waals surface area contributed by atoms with Crippen molar-refractivity contribution >= 4 is 15.9 Å². The highest BCUT2D eigenvalue weighted by Crippen LogP contribution is 2.32. The van der Waals surface area contributed by atoms with Gasteiger partial charge < -0.3 is 4.74 Å². The summed E-state index contributed by atoms with van der Waals surface area (Å²) in [7, 11) is 0. The van der Waals surface area contributed by atoms with E-state index in [-0.39, 0.29) is 6.10 Å². The minimum atomic E-state index is 0.0503. The van der Waals surface area contributed by atoms with E-state index < -0.39 is 0 Å². The average Bonchev–Trinajstić information content (AvgIpc) is 2.46. The minimum Gasteiger partial charge on any atom is -0.489 e. The van der Waals surface area contributed by atoms with E-state index in [1.807, 2.05) is 18.2 Å². The van der Waals surface area contributed by atoms with Gasteiger partial charge in [-0.15, -0.1) is 0 Å². The summed E-state index contributed by atoms with van der Waals surface area (Å²) in [6.45, 7) is 0. The largest absolute Gasteiger partial charge is 0.489 e. The lowest BCUT2D eigenvalue weighted by Gasteiger charge is -2.04. The fourth-order valence-electron chi connectivity index (χ4n) is 1.49. The van der Waals surface area contributed by atoms with Gasteiger partial charge in [-0.05, 0) is 17.7 Å². The molecule has 13 heavy (non-hydrogen) atoms. The Labute approximate surface area is 85.3 Å². The predicted octanol–water partition coefficient (Wildman–Crippen LogP) is 2.67. The molecule has 2 nitrogen and oxygen atoms in total. The molecule has 0 fully saturated rings. The lowest BCUT2D eigenvalue weighted by Crippen LogP contribution is -2.10. The van der Waals surface area contributed by atoms with Gasteiger partial charge in [-0.1, -0.05) is 22.0 Å². The molecular weight excluding hydrogens is 230 g/mol. The molecule has 1 heterocycles. The van der Waals surface area contributed by atoms with Crippen LogP contribution in [0.15, 0.2) is 22.7 Å². The second kappa shape index (κ2) is 3.39. The smallest absolute Gasteiger partial charge is 0.124 e. The van der Waals surface area contributed by atoms with Gasteiger partial charge in [0.05, 0.1) is 12.5 Å². The van der Waals surface area contributed by atoms with Crippen LogP contribution in [-0.4, -0.2) is 6.10 Å². The molecule has 3 heteroatoms. The van der Waals surface area contributed by atoms with Crippen molar-refractivity contribution in [1.82, 2.24) is 0 Å². The summed E-state index contributed by atoms with van der Waals surface area (Å²) in [5.41, 5.74) is 1.20.